The number of thiocarbonyl (C=S) groups is 1. The number of thioether (sulfide) groups is 1. The minimum Gasteiger partial charge on any atom is -0.195 e. The molecule has 0 unspecified atom stereocenters. The van der Waals surface area contributed by atoms with E-state index in [1.54, 1.807) is 0 Å². The van der Waals surface area contributed by atoms with Crippen molar-refractivity contribution in [1.29, 1.82) is 0 Å². The van der Waals surface area contributed by atoms with E-state index in [1.807, 2.05) is 36.0 Å². The first-order chi connectivity index (χ1) is 9.81. The van der Waals surface area contributed by atoms with Gasteiger partial charge in [-0.1, -0.05) is 18.8 Å². The minimum atomic E-state index is 0.798. The van der Waals surface area contributed by atoms with E-state index in [9.17, 15) is 0 Å². The van der Waals surface area contributed by atoms with Crippen molar-refractivity contribution in [2.75, 3.05) is 5.75 Å². The molecule has 0 aliphatic heterocycles. The average molecular weight is 295 g/mol. The Morgan fingerprint density at radius 2 is 1.50 bits per heavy atom. The van der Waals surface area contributed by atoms with E-state index in [0.29, 0.717) is 0 Å². The van der Waals surface area contributed by atoms with Crippen LogP contribution in [-0.4, -0.2) is 10.9 Å². The maximum Gasteiger partial charge on any atom is 0.0740 e. The fourth-order valence-electron chi connectivity index (χ4n) is 1.62. The lowest BCUT2D eigenvalue weighted by atomic mass is 10.2. The van der Waals surface area contributed by atoms with Gasteiger partial charge in [-0.05, 0) is 66.5 Å². The molecule has 0 amide bonds. The molecule has 2 aromatic rings. The van der Waals surface area contributed by atoms with E-state index >= 15 is 0 Å². The van der Waals surface area contributed by atoms with Crippen molar-refractivity contribution in [1.82, 2.24) is 0 Å². The van der Waals surface area contributed by atoms with Crippen LogP contribution in [0.5, 0.6) is 0 Å². The third-order valence-electron chi connectivity index (χ3n) is 2.56. The van der Waals surface area contributed by atoms with Crippen LogP contribution in [-0.2, 0) is 0 Å². The van der Waals surface area contributed by atoms with E-state index in [0.717, 1.165) is 22.6 Å². The van der Waals surface area contributed by atoms with Crippen LogP contribution in [0.4, 0.5) is 5.69 Å². The highest BCUT2D eigenvalue weighted by molar-refractivity contribution is 7.99. The van der Waals surface area contributed by atoms with Crippen LogP contribution in [0.1, 0.15) is 18.1 Å². The lowest BCUT2D eigenvalue weighted by Crippen LogP contribution is -1.77. The highest BCUT2D eigenvalue weighted by Gasteiger charge is 1.92. The quantitative estimate of drug-likeness (QED) is 0.344. The van der Waals surface area contributed by atoms with Gasteiger partial charge in [0.05, 0.1) is 10.8 Å². The van der Waals surface area contributed by atoms with E-state index < -0.39 is 0 Å². The Balaban J connectivity index is 2.11. The monoisotopic (exact) mass is 295 g/mol. The Hall–Kier alpha value is -1.85. The van der Waals surface area contributed by atoms with Crippen molar-refractivity contribution in [2.24, 2.45) is 4.99 Å². The molecule has 0 spiro atoms. The first-order valence-electron chi connectivity index (χ1n) is 6.24. The van der Waals surface area contributed by atoms with Gasteiger partial charge in [0.1, 0.15) is 0 Å². The Morgan fingerprint density at radius 3 is 2.00 bits per heavy atom. The predicted molar refractivity (Wildman–Crippen MR) is 89.9 cm³/mol. The Labute approximate surface area is 129 Å². The summed E-state index contributed by atoms with van der Waals surface area (Å²) in [5, 5.41) is 2.35. The smallest absolute Gasteiger partial charge is 0.0740 e. The average Bonchev–Trinajstić information content (AvgIpc) is 2.49. The summed E-state index contributed by atoms with van der Waals surface area (Å²) in [6, 6.07) is 15.9. The molecule has 0 saturated carbocycles. The van der Waals surface area contributed by atoms with Crippen LogP contribution in [0.3, 0.4) is 0 Å². The van der Waals surface area contributed by atoms with E-state index in [2.05, 4.69) is 65.4 Å². The molecule has 20 heavy (non-hydrogen) atoms. The molecule has 98 valence electrons. The molecule has 0 radical (unpaired) electrons. The summed E-state index contributed by atoms with van der Waals surface area (Å²) in [5.41, 5.74) is 2.78. The van der Waals surface area contributed by atoms with Crippen LogP contribution in [0.25, 0.3) is 0 Å². The Bertz CT molecular complexity index is 670. The number of aliphatic imine (C=N–C) groups is 1. The van der Waals surface area contributed by atoms with Crippen molar-refractivity contribution in [2.45, 2.75) is 11.8 Å². The second kappa shape index (κ2) is 7.67. The molecule has 3 heteroatoms. The number of rotatable bonds is 3. The topological polar surface area (TPSA) is 12.4 Å². The standard InChI is InChI=1S/C17H13NS2/c1-2-20-17-11-7-15(8-12-17)4-3-14-5-9-16(10-6-14)18-13-19/h5-12H,2H2,1H3. The first kappa shape index (κ1) is 14.6. The largest absolute Gasteiger partial charge is 0.195 e. The summed E-state index contributed by atoms with van der Waals surface area (Å²) in [6.07, 6.45) is 0. The molecule has 0 bridgehead atoms. The molecule has 0 aliphatic carbocycles. The Morgan fingerprint density at radius 1 is 0.950 bits per heavy atom. The van der Waals surface area contributed by atoms with Crippen LogP contribution >= 0.6 is 24.0 Å². The van der Waals surface area contributed by atoms with Crippen LogP contribution in [0.15, 0.2) is 58.4 Å². The van der Waals surface area contributed by atoms with Gasteiger partial charge in [-0.25, -0.2) is 0 Å². The van der Waals surface area contributed by atoms with Gasteiger partial charge >= 0.3 is 0 Å². The fraction of sp³-hybridized carbons (Fsp3) is 0.118. The van der Waals surface area contributed by atoms with Gasteiger partial charge < -0.3 is 0 Å². The maximum atomic E-state index is 4.56. The van der Waals surface area contributed by atoms with Gasteiger partial charge in [0, 0.05) is 16.0 Å². The summed E-state index contributed by atoms with van der Waals surface area (Å²) in [7, 11) is 0. The third kappa shape index (κ3) is 4.36. The molecule has 1 nitrogen and oxygen atoms in total. The second-order valence-electron chi connectivity index (χ2n) is 3.96. The van der Waals surface area contributed by atoms with Gasteiger partial charge in [0.2, 0.25) is 0 Å². The van der Waals surface area contributed by atoms with Gasteiger partial charge in [-0.3, -0.25) is 0 Å². The van der Waals surface area contributed by atoms with Crippen LogP contribution < -0.4 is 0 Å². The SMILES string of the molecule is CCSc1ccc(C#Cc2ccc(N=C=S)cc2)cc1. The molecule has 0 atom stereocenters. The van der Waals surface area contributed by atoms with Gasteiger partial charge in [-0.2, -0.15) is 4.99 Å². The number of nitrogens with zero attached hydrogens (tertiary/aromatic N) is 1. The lowest BCUT2D eigenvalue weighted by Gasteiger charge is -1.97. The number of isothiocyanates is 1. The highest BCUT2D eigenvalue weighted by Crippen LogP contribution is 2.17. The summed E-state index contributed by atoms with van der Waals surface area (Å²) >= 11 is 6.40. The predicted octanol–water partition coefficient (Wildman–Crippen LogP) is 4.93. The second-order valence-corrected chi connectivity index (χ2v) is 5.48. The zero-order valence-corrected chi connectivity index (χ0v) is 12.7. The maximum absolute atomic E-state index is 4.56. The van der Waals surface area contributed by atoms with Gasteiger partial charge in [0.15, 0.2) is 0 Å². The van der Waals surface area contributed by atoms with Gasteiger partial charge in [-0.15, -0.1) is 11.8 Å². The fourth-order valence-corrected chi connectivity index (χ4v) is 2.38. The van der Waals surface area contributed by atoms with Crippen molar-refractivity contribution < 1.29 is 0 Å². The molecule has 2 rings (SSSR count). The molecule has 0 fully saturated rings. The Kier molecular flexibility index (Phi) is 5.58. The normalized spacial score (nSPS) is 9.25. The van der Waals surface area contributed by atoms with Crippen molar-refractivity contribution in [3.05, 3.63) is 59.7 Å². The van der Waals surface area contributed by atoms with Crippen molar-refractivity contribution in [3.63, 3.8) is 0 Å². The van der Waals surface area contributed by atoms with Gasteiger partial charge in [0.25, 0.3) is 0 Å². The van der Waals surface area contributed by atoms with E-state index in [-0.39, 0.29) is 0 Å². The summed E-state index contributed by atoms with van der Waals surface area (Å²) in [5.74, 6) is 7.38. The molecular formula is C17H13NS2. The van der Waals surface area contributed by atoms with E-state index in [1.165, 1.54) is 4.90 Å². The molecule has 0 heterocycles. The highest BCUT2D eigenvalue weighted by atomic mass is 32.2. The molecule has 2 aromatic carbocycles. The minimum absolute atomic E-state index is 0.798. The molecule has 0 aliphatic rings. The summed E-state index contributed by atoms with van der Waals surface area (Å²) in [6.45, 7) is 2.15. The zero-order chi connectivity index (χ0) is 14.2. The van der Waals surface area contributed by atoms with Crippen LogP contribution in [0.2, 0.25) is 0 Å². The van der Waals surface area contributed by atoms with Crippen molar-refractivity contribution in [3.8, 4) is 11.8 Å². The summed E-state index contributed by atoms with van der Waals surface area (Å²) in [4.78, 5) is 5.19. The number of hydrogen-bond donors (Lipinski definition) is 0. The molecule has 0 N–H and O–H groups in total. The molecule has 0 saturated heterocycles. The number of benzene rings is 2. The zero-order valence-electron chi connectivity index (χ0n) is 11.1. The molecule has 0 aromatic heterocycles. The first-order valence-corrected chi connectivity index (χ1v) is 7.64. The lowest BCUT2D eigenvalue weighted by molar-refractivity contribution is 1.42. The van der Waals surface area contributed by atoms with Crippen molar-refractivity contribution >= 4 is 34.8 Å². The number of hydrogen-bond acceptors (Lipinski definition) is 3. The summed E-state index contributed by atoms with van der Waals surface area (Å²) < 4.78 is 0. The van der Waals surface area contributed by atoms with Crippen LogP contribution in [0, 0.1) is 11.8 Å². The molecular weight excluding hydrogens is 282 g/mol. The van der Waals surface area contributed by atoms with E-state index in [4.69, 9.17) is 0 Å². The third-order valence-corrected chi connectivity index (χ3v) is 3.54.